The van der Waals surface area contributed by atoms with Crippen molar-refractivity contribution < 1.29 is 34.1 Å². The van der Waals surface area contributed by atoms with Crippen LogP contribution < -0.4 is 20.9 Å². The van der Waals surface area contributed by atoms with Crippen LogP contribution >= 0.6 is 22.7 Å². The van der Waals surface area contributed by atoms with E-state index in [9.17, 15) is 29.4 Å². The Bertz CT molecular complexity index is 3920. The number of ether oxygens (including phenoxy) is 1. The quantitative estimate of drug-likeness (QED) is 0.0316. The molecule has 7 aromatic rings. The number of carboxylic acid groups (broad SMARTS) is 1. The molecule has 5 aromatic heterocycles. The molecule has 1 saturated heterocycles. The fourth-order valence-corrected chi connectivity index (χ4v) is 19.1. The minimum Gasteiger partial charge on any atom is -0.476 e. The van der Waals surface area contributed by atoms with Crippen molar-refractivity contribution in [2.45, 2.75) is 201 Å². The molecule has 5 N–H and O–H groups in total. The van der Waals surface area contributed by atoms with E-state index in [1.54, 1.807) is 22.7 Å². The number of carboxylic acids is 1. The average molecular weight is 1330 g/mol. The van der Waals surface area contributed by atoms with Gasteiger partial charge in [0.25, 0.3) is 0 Å². The molecule has 0 spiro atoms. The third-order valence-corrected chi connectivity index (χ3v) is 22.9. The number of thiazole rings is 2. The standard InChI is InChI=1S/C73H95N13O7S2/c1-45-52-20-19-31-84(64(52)82-81-63(45)80-68-77-55-21-16-17-22-57(55)95-68)58-29-28-53(60(78-58)67(91)92)54-35-75-86(48(54)4)43-72-38-70(8)37-71(9,39-72)41-73(40-70,42-72)93-33-32-83(10)30-18-14-12-11-13-15-23-59(88)79-62(69(5,6)7)66(90)85-36-51(87)34-56(85)65(89)76-46(2)49-24-26-50(27-25-49)61-47(3)74-44-94-61/h16-17,21-22,24-29,35,44,46,51,56,62,87H,11-15,18-20,23,30-34,36-43H2,1-10H3,(H,76,89)(H,79,88)(H,91,92)(H,77,80,81)/t46-,51?,56?,62?,70?,71?,72?,73?/m0/s1. The number of aromatic carboxylic acids is 1. The van der Waals surface area contributed by atoms with E-state index in [0.29, 0.717) is 49.0 Å². The zero-order valence-corrected chi connectivity index (χ0v) is 58.7. The van der Waals surface area contributed by atoms with E-state index in [-0.39, 0.29) is 64.3 Å². The molecule has 7 heterocycles. The molecule has 95 heavy (non-hydrogen) atoms. The highest BCUT2D eigenvalue weighted by molar-refractivity contribution is 7.22. The largest absolute Gasteiger partial charge is 0.476 e. The van der Waals surface area contributed by atoms with Crippen molar-refractivity contribution in [3.8, 4) is 21.6 Å². The monoisotopic (exact) mass is 1330 g/mol. The summed E-state index contributed by atoms with van der Waals surface area (Å²) >= 11 is 3.16. The van der Waals surface area contributed by atoms with Crippen molar-refractivity contribution in [2.75, 3.05) is 50.1 Å². The first kappa shape index (κ1) is 67.7. The Morgan fingerprint density at radius 2 is 1.59 bits per heavy atom. The summed E-state index contributed by atoms with van der Waals surface area (Å²) in [7, 11) is 2.19. The number of carbonyl (C=O) groups excluding carboxylic acids is 3. The van der Waals surface area contributed by atoms with E-state index in [0.717, 1.165) is 156 Å². The SMILES string of the molecule is Cc1ncsc1-c1ccc([C@H](C)NC(=O)C2CC(O)CN2C(=O)C(NC(=O)CCCCCCCCN(C)CCOC23CC4(C)CC(C)(CC(Cn5ncc(-c6ccc(N7CCCc8c7nnc(Nc7nc9ccccc9s7)c8C)nc6C(=O)O)c5C)(C4)C2)C3)C(C)(C)C)cc1. The van der Waals surface area contributed by atoms with Crippen LogP contribution in [0, 0.1) is 42.4 Å². The average Bonchev–Trinajstić information content (AvgIpc) is 1.22. The second kappa shape index (κ2) is 27.3. The highest BCUT2D eigenvalue weighted by Gasteiger charge is 2.66. The van der Waals surface area contributed by atoms with Crippen molar-refractivity contribution in [1.29, 1.82) is 0 Å². The number of para-hydroxylation sites is 1. The number of amides is 3. The summed E-state index contributed by atoms with van der Waals surface area (Å²) in [6.07, 6.45) is 15.5. The van der Waals surface area contributed by atoms with Gasteiger partial charge in [0.15, 0.2) is 22.5 Å². The first-order chi connectivity index (χ1) is 45.3. The Kier molecular flexibility index (Phi) is 19.5. The number of fused-ring (bicyclic) bond motifs is 2. The number of β-amino-alcohol motifs (C(OH)–C–C–N with tert-alkyl or cyclic N) is 1. The summed E-state index contributed by atoms with van der Waals surface area (Å²) in [6.45, 7) is 22.6. The minimum atomic E-state index is -1.10. The Morgan fingerprint density at radius 3 is 2.31 bits per heavy atom. The van der Waals surface area contributed by atoms with Crippen LogP contribution in [-0.2, 0) is 32.1 Å². The van der Waals surface area contributed by atoms with Gasteiger partial charge in [0.05, 0.1) is 56.8 Å². The molecule has 5 unspecified atom stereocenters. The van der Waals surface area contributed by atoms with Gasteiger partial charge in [-0.25, -0.2) is 19.7 Å². The van der Waals surface area contributed by atoms with Gasteiger partial charge in [0, 0.05) is 67.0 Å². The predicted octanol–water partition coefficient (Wildman–Crippen LogP) is 13.1. The molecule has 506 valence electrons. The van der Waals surface area contributed by atoms with E-state index >= 15 is 0 Å². The molecule has 22 heteroatoms. The third-order valence-electron chi connectivity index (χ3n) is 20.9. The molecule has 2 aromatic carbocycles. The summed E-state index contributed by atoms with van der Waals surface area (Å²) in [5, 5.41) is 46.1. The second-order valence-corrected chi connectivity index (χ2v) is 32.2. The first-order valence-corrected chi connectivity index (χ1v) is 35.9. The zero-order chi connectivity index (χ0) is 67.2. The van der Waals surface area contributed by atoms with E-state index in [1.807, 2.05) is 113 Å². The van der Waals surface area contributed by atoms with Gasteiger partial charge in [0.1, 0.15) is 17.9 Å². The second-order valence-electron chi connectivity index (χ2n) is 30.3. The van der Waals surface area contributed by atoms with Crippen LogP contribution in [0.2, 0.25) is 0 Å². The van der Waals surface area contributed by atoms with Crippen molar-refractivity contribution >= 4 is 79.2 Å². The summed E-state index contributed by atoms with van der Waals surface area (Å²) in [4.78, 5) is 75.6. The van der Waals surface area contributed by atoms with Gasteiger partial charge in [-0.3, -0.25) is 19.1 Å². The maximum atomic E-state index is 14.3. The maximum Gasteiger partial charge on any atom is 0.355 e. The number of rotatable bonds is 26. The number of hydrogen-bond acceptors (Lipinski definition) is 17. The van der Waals surface area contributed by atoms with Crippen molar-refractivity contribution in [3.05, 3.63) is 106 Å². The van der Waals surface area contributed by atoms with Crippen LogP contribution in [0.4, 0.5) is 22.6 Å². The number of aromatic nitrogens is 7. The van der Waals surface area contributed by atoms with Gasteiger partial charge in [-0.2, -0.15) is 5.10 Å². The normalized spacial score (nSPS) is 23.7. The highest BCUT2D eigenvalue weighted by Crippen LogP contribution is 2.72. The lowest BCUT2D eigenvalue weighted by Crippen LogP contribution is -2.64. The van der Waals surface area contributed by atoms with Crippen molar-refractivity contribution in [1.82, 2.24) is 55.4 Å². The number of aliphatic hydroxyl groups is 1. The van der Waals surface area contributed by atoms with E-state index < -0.39 is 29.6 Å². The number of nitrogens with zero attached hydrogens (tertiary/aromatic N) is 10. The number of carbonyl (C=O) groups is 4. The van der Waals surface area contributed by atoms with E-state index in [4.69, 9.17) is 24.9 Å². The van der Waals surface area contributed by atoms with Gasteiger partial charge in [-0.05, 0) is 163 Å². The topological polar surface area (TPSA) is 246 Å². The number of unbranched alkanes of at least 4 members (excludes halogenated alkanes) is 5. The highest BCUT2D eigenvalue weighted by atomic mass is 32.1. The number of aryl methyl sites for hydroxylation is 1. The van der Waals surface area contributed by atoms with Crippen LogP contribution in [-0.4, -0.2) is 142 Å². The molecular weight excluding hydrogens is 1240 g/mol. The number of benzene rings is 2. The smallest absolute Gasteiger partial charge is 0.355 e. The van der Waals surface area contributed by atoms with Crippen LogP contribution in [0.5, 0.6) is 0 Å². The summed E-state index contributed by atoms with van der Waals surface area (Å²) in [5.74, 6) is -0.112. The number of nitrogens with one attached hydrogen (secondary N) is 3. The van der Waals surface area contributed by atoms with Gasteiger partial charge >= 0.3 is 5.97 Å². The van der Waals surface area contributed by atoms with Gasteiger partial charge in [-0.1, -0.05) is 108 Å². The lowest BCUT2D eigenvalue weighted by Gasteiger charge is -2.69. The molecule has 6 atom stereocenters. The minimum absolute atomic E-state index is 0.0148. The number of anilines is 4. The third kappa shape index (κ3) is 14.7. The van der Waals surface area contributed by atoms with E-state index in [2.05, 4.69) is 69.5 Å². The molecule has 2 aliphatic heterocycles. The lowest BCUT2D eigenvalue weighted by molar-refractivity contribution is -0.248. The van der Waals surface area contributed by atoms with Gasteiger partial charge in [0.2, 0.25) is 17.7 Å². The number of hydrogen-bond donors (Lipinski definition) is 5. The fourth-order valence-electron chi connectivity index (χ4n) is 17.4. The Balaban J connectivity index is 0.587. The summed E-state index contributed by atoms with van der Waals surface area (Å²) in [6, 6.07) is 17.8. The van der Waals surface area contributed by atoms with Crippen molar-refractivity contribution in [2.24, 2.45) is 21.7 Å². The number of likely N-dealkylation sites (tertiary alicyclic amines) is 1. The molecule has 20 nitrogen and oxygen atoms in total. The molecule has 4 bridgehead atoms. The molecule has 6 aliphatic rings. The number of likely N-dealkylation sites (N-methyl/N-ethyl adjacent to an activating group) is 1. The molecule has 0 radical (unpaired) electrons. The van der Waals surface area contributed by atoms with E-state index in [1.165, 1.54) is 11.3 Å². The molecule has 4 saturated carbocycles. The fraction of sp³-hybridized carbons (Fsp3) is 0.562. The zero-order valence-electron chi connectivity index (χ0n) is 57.0. The number of aliphatic hydroxyl groups excluding tert-OH is 1. The molecular formula is C73H95N13O7S2. The lowest BCUT2D eigenvalue weighted by atomic mass is 9.39. The number of pyridine rings is 1. The van der Waals surface area contributed by atoms with Crippen LogP contribution in [0.1, 0.15) is 182 Å². The predicted molar refractivity (Wildman–Crippen MR) is 373 cm³/mol. The maximum absolute atomic E-state index is 14.3. The molecule has 4 aliphatic carbocycles. The van der Waals surface area contributed by atoms with Gasteiger partial charge < -0.3 is 45.6 Å². The molecule has 3 amide bonds. The summed E-state index contributed by atoms with van der Waals surface area (Å²) in [5.41, 5.74) is 9.41. The molecule has 13 rings (SSSR count). The van der Waals surface area contributed by atoms with Crippen LogP contribution in [0.25, 0.3) is 31.8 Å². The Morgan fingerprint density at radius 1 is 0.853 bits per heavy atom. The van der Waals surface area contributed by atoms with Gasteiger partial charge in [-0.15, -0.1) is 21.5 Å². The van der Waals surface area contributed by atoms with Crippen LogP contribution in [0.15, 0.2) is 72.4 Å². The van der Waals surface area contributed by atoms with Crippen LogP contribution in [0.3, 0.4) is 0 Å². The van der Waals surface area contributed by atoms with Crippen molar-refractivity contribution in [3.63, 3.8) is 0 Å². The summed E-state index contributed by atoms with van der Waals surface area (Å²) < 4.78 is 10.4. The molecule has 5 fully saturated rings. The Hall–Kier alpha value is -7.24. The first-order valence-electron chi connectivity index (χ1n) is 34.2. The Labute approximate surface area is 566 Å².